The molecule has 4 nitrogen and oxygen atoms in total. The fourth-order valence-corrected chi connectivity index (χ4v) is 2.84. The van der Waals surface area contributed by atoms with Gasteiger partial charge >= 0.3 is 11.9 Å². The molecule has 2 heterocycles. The van der Waals surface area contributed by atoms with Gasteiger partial charge in [-0.2, -0.15) is 13.2 Å². The van der Waals surface area contributed by atoms with Gasteiger partial charge in [0.25, 0.3) is 0 Å². The number of benzene rings is 1. The molecule has 2 N–H and O–H groups in total. The third kappa shape index (κ3) is 2.83. The summed E-state index contributed by atoms with van der Waals surface area (Å²) in [4.78, 5) is 14.5. The van der Waals surface area contributed by atoms with Gasteiger partial charge in [0.05, 0.1) is 16.6 Å². The third-order valence-corrected chi connectivity index (χ3v) is 4.00. The van der Waals surface area contributed by atoms with Gasteiger partial charge in [0.2, 0.25) is 0 Å². The molecule has 1 aromatic heterocycles. The molecule has 1 fully saturated rings. The number of hydrogen-bond donors (Lipinski definition) is 2. The molecule has 0 amide bonds. The van der Waals surface area contributed by atoms with E-state index in [4.69, 9.17) is 0 Å². The molecule has 0 radical (unpaired) electrons. The summed E-state index contributed by atoms with van der Waals surface area (Å²) in [5.74, 6) is 0.380. The molecule has 0 atom stereocenters. The van der Waals surface area contributed by atoms with Gasteiger partial charge in [-0.25, -0.2) is 4.79 Å². The maximum absolute atomic E-state index is 12.7. The molecule has 114 valence electrons. The van der Waals surface area contributed by atoms with Crippen LogP contribution in [0.2, 0.25) is 0 Å². The van der Waals surface area contributed by atoms with Crippen molar-refractivity contribution in [1.29, 1.82) is 0 Å². The molecule has 0 spiro atoms. The normalized spacial score (nSPS) is 17.5. The SMILES string of the molecule is O=c1[nH]c2cc(C(F)(F)F)ccc2n1CC1CCNCC1. The average molecular weight is 299 g/mol. The Bertz CT molecular complexity index is 696. The smallest absolute Gasteiger partial charge is 0.317 e. The van der Waals surface area contributed by atoms with Crippen LogP contribution >= 0.6 is 0 Å². The van der Waals surface area contributed by atoms with Gasteiger partial charge in [-0.05, 0) is 50.0 Å². The van der Waals surface area contributed by atoms with Crippen molar-refractivity contribution >= 4 is 11.0 Å². The fourth-order valence-electron chi connectivity index (χ4n) is 2.84. The number of nitrogens with zero attached hydrogens (tertiary/aromatic N) is 1. The van der Waals surface area contributed by atoms with E-state index in [1.165, 1.54) is 6.07 Å². The second-order valence-corrected chi connectivity index (χ2v) is 5.46. The number of hydrogen-bond acceptors (Lipinski definition) is 2. The highest BCUT2D eigenvalue weighted by Gasteiger charge is 2.31. The van der Waals surface area contributed by atoms with Crippen molar-refractivity contribution in [2.75, 3.05) is 13.1 Å². The predicted molar refractivity (Wildman–Crippen MR) is 73.2 cm³/mol. The molecule has 0 bridgehead atoms. The molecule has 0 aliphatic carbocycles. The van der Waals surface area contributed by atoms with Crippen molar-refractivity contribution < 1.29 is 13.2 Å². The van der Waals surface area contributed by atoms with Crippen LogP contribution in [0, 0.1) is 5.92 Å². The molecule has 3 rings (SSSR count). The summed E-state index contributed by atoms with van der Waals surface area (Å²) < 4.78 is 39.6. The highest BCUT2D eigenvalue weighted by atomic mass is 19.4. The van der Waals surface area contributed by atoms with Crippen LogP contribution in [0.1, 0.15) is 18.4 Å². The van der Waals surface area contributed by atoms with Gasteiger partial charge < -0.3 is 10.3 Å². The molecular formula is C14H16F3N3O. The monoisotopic (exact) mass is 299 g/mol. The Labute approximate surface area is 119 Å². The first-order chi connectivity index (χ1) is 9.95. The van der Waals surface area contributed by atoms with Crippen LogP contribution in [0.3, 0.4) is 0 Å². The number of aromatic nitrogens is 2. The summed E-state index contributed by atoms with van der Waals surface area (Å²) in [6.07, 6.45) is -2.46. The lowest BCUT2D eigenvalue weighted by Gasteiger charge is -2.22. The minimum Gasteiger partial charge on any atom is -0.317 e. The van der Waals surface area contributed by atoms with E-state index in [0.29, 0.717) is 18.0 Å². The Morgan fingerprint density at radius 2 is 1.95 bits per heavy atom. The van der Waals surface area contributed by atoms with Crippen molar-refractivity contribution in [2.24, 2.45) is 5.92 Å². The van der Waals surface area contributed by atoms with Crippen LogP contribution in [0.15, 0.2) is 23.0 Å². The summed E-state index contributed by atoms with van der Waals surface area (Å²) in [7, 11) is 0. The maximum atomic E-state index is 12.7. The molecule has 1 aliphatic heterocycles. The second kappa shape index (κ2) is 5.22. The molecule has 1 aliphatic rings. The van der Waals surface area contributed by atoms with E-state index in [0.717, 1.165) is 38.1 Å². The number of imidazole rings is 1. The number of alkyl halides is 3. The summed E-state index contributed by atoms with van der Waals surface area (Å²) in [5.41, 5.74) is -0.316. The molecule has 21 heavy (non-hydrogen) atoms. The molecule has 0 unspecified atom stereocenters. The molecule has 7 heteroatoms. The first-order valence-corrected chi connectivity index (χ1v) is 6.95. The fraction of sp³-hybridized carbons (Fsp3) is 0.500. The quantitative estimate of drug-likeness (QED) is 0.894. The van der Waals surface area contributed by atoms with Gasteiger partial charge in [-0.15, -0.1) is 0 Å². The third-order valence-electron chi connectivity index (χ3n) is 4.00. The van der Waals surface area contributed by atoms with Crippen molar-refractivity contribution in [3.05, 3.63) is 34.2 Å². The number of rotatable bonds is 2. The Hall–Kier alpha value is -1.76. The molecule has 0 saturated carbocycles. The maximum Gasteiger partial charge on any atom is 0.416 e. The van der Waals surface area contributed by atoms with Crippen LogP contribution in [0.5, 0.6) is 0 Å². The lowest BCUT2D eigenvalue weighted by Crippen LogP contribution is -2.31. The first-order valence-electron chi connectivity index (χ1n) is 6.95. The van der Waals surface area contributed by atoms with E-state index < -0.39 is 11.7 Å². The van der Waals surface area contributed by atoms with Crippen LogP contribution in [-0.4, -0.2) is 22.6 Å². The molecule has 1 saturated heterocycles. The van der Waals surface area contributed by atoms with Crippen molar-refractivity contribution in [2.45, 2.75) is 25.6 Å². The van der Waals surface area contributed by atoms with Crippen molar-refractivity contribution in [3.63, 3.8) is 0 Å². The van der Waals surface area contributed by atoms with E-state index in [9.17, 15) is 18.0 Å². The number of piperidine rings is 1. The Morgan fingerprint density at radius 1 is 1.24 bits per heavy atom. The minimum absolute atomic E-state index is 0.240. The standard InChI is InChI=1S/C14H16F3N3O/c15-14(16,17)10-1-2-12-11(7-10)19-13(21)20(12)8-9-3-5-18-6-4-9/h1-2,7,9,18H,3-6,8H2,(H,19,21). The Morgan fingerprint density at radius 3 is 2.62 bits per heavy atom. The van der Waals surface area contributed by atoms with Gasteiger partial charge in [-0.1, -0.05) is 0 Å². The highest BCUT2D eigenvalue weighted by Crippen LogP contribution is 2.31. The largest absolute Gasteiger partial charge is 0.416 e. The first kappa shape index (κ1) is 14.2. The summed E-state index contributed by atoms with van der Waals surface area (Å²) in [6.45, 7) is 2.38. The Kier molecular flexibility index (Phi) is 3.52. The van der Waals surface area contributed by atoms with E-state index in [1.54, 1.807) is 4.57 Å². The lowest BCUT2D eigenvalue weighted by molar-refractivity contribution is -0.137. The molecule has 1 aromatic carbocycles. The van der Waals surface area contributed by atoms with E-state index in [-0.39, 0.29) is 11.2 Å². The predicted octanol–water partition coefficient (Wildman–Crippen LogP) is 2.35. The van der Waals surface area contributed by atoms with Gasteiger partial charge in [-0.3, -0.25) is 4.57 Å². The topological polar surface area (TPSA) is 49.8 Å². The van der Waals surface area contributed by atoms with E-state index >= 15 is 0 Å². The number of fused-ring (bicyclic) bond motifs is 1. The van der Waals surface area contributed by atoms with E-state index in [2.05, 4.69) is 10.3 Å². The summed E-state index contributed by atoms with van der Waals surface area (Å²) in [6, 6.07) is 3.39. The van der Waals surface area contributed by atoms with Crippen LogP contribution in [0.4, 0.5) is 13.2 Å². The number of nitrogens with one attached hydrogen (secondary N) is 2. The molecule has 2 aromatic rings. The van der Waals surface area contributed by atoms with Crippen molar-refractivity contribution in [1.82, 2.24) is 14.9 Å². The number of H-pyrrole nitrogens is 1. The van der Waals surface area contributed by atoms with E-state index in [1.807, 2.05) is 0 Å². The summed E-state index contributed by atoms with van der Waals surface area (Å²) >= 11 is 0. The van der Waals surface area contributed by atoms with Gasteiger partial charge in [0.1, 0.15) is 0 Å². The highest BCUT2D eigenvalue weighted by molar-refractivity contribution is 5.76. The Balaban J connectivity index is 1.95. The van der Waals surface area contributed by atoms with Crippen LogP contribution < -0.4 is 11.0 Å². The van der Waals surface area contributed by atoms with Crippen molar-refractivity contribution in [3.8, 4) is 0 Å². The van der Waals surface area contributed by atoms with Crippen LogP contribution in [-0.2, 0) is 12.7 Å². The minimum atomic E-state index is -4.40. The number of aromatic amines is 1. The zero-order valence-electron chi connectivity index (χ0n) is 11.3. The zero-order chi connectivity index (χ0) is 15.0. The molecular weight excluding hydrogens is 283 g/mol. The average Bonchev–Trinajstić information content (AvgIpc) is 2.75. The van der Waals surface area contributed by atoms with Crippen LogP contribution in [0.25, 0.3) is 11.0 Å². The lowest BCUT2D eigenvalue weighted by atomic mass is 9.98. The van der Waals surface area contributed by atoms with Gasteiger partial charge in [0.15, 0.2) is 0 Å². The van der Waals surface area contributed by atoms with Gasteiger partial charge in [0, 0.05) is 6.54 Å². The number of halogens is 3. The zero-order valence-corrected chi connectivity index (χ0v) is 11.3. The second-order valence-electron chi connectivity index (χ2n) is 5.46. The summed E-state index contributed by atoms with van der Waals surface area (Å²) in [5, 5.41) is 3.25.